The Balaban J connectivity index is 1.32. The molecule has 1 aliphatic heterocycles. The molecule has 1 aromatic heterocycles. The summed E-state index contributed by atoms with van der Waals surface area (Å²) < 4.78 is 11.0. The first kappa shape index (κ1) is 23.1. The molecular formula is C27H21ClN2O4S. The van der Waals surface area contributed by atoms with E-state index < -0.39 is 5.97 Å². The van der Waals surface area contributed by atoms with Crippen LogP contribution in [0.2, 0.25) is 5.02 Å². The second-order valence-corrected chi connectivity index (χ2v) is 9.19. The van der Waals surface area contributed by atoms with Crippen LogP contribution in [0.4, 0.5) is 5.69 Å². The van der Waals surface area contributed by atoms with Crippen LogP contribution in [0.5, 0.6) is 5.75 Å². The van der Waals surface area contributed by atoms with Crippen molar-refractivity contribution in [2.45, 2.75) is 6.42 Å². The second kappa shape index (κ2) is 10.3. The van der Waals surface area contributed by atoms with E-state index in [-0.39, 0.29) is 25.7 Å². The molecule has 8 heteroatoms. The van der Waals surface area contributed by atoms with Gasteiger partial charge in [-0.2, -0.15) is 0 Å². The highest BCUT2D eigenvalue weighted by Gasteiger charge is 2.28. The molecule has 0 unspecified atom stereocenters. The number of carbonyl (C=O) groups is 2. The quantitative estimate of drug-likeness (QED) is 0.304. The fraction of sp³-hybridized carbons (Fsp3) is 0.148. The van der Waals surface area contributed by atoms with Gasteiger partial charge in [0.15, 0.2) is 6.61 Å². The molecule has 2 heterocycles. The summed E-state index contributed by atoms with van der Waals surface area (Å²) in [5, 5.41) is 3.37. The van der Waals surface area contributed by atoms with E-state index in [9.17, 15) is 9.59 Å². The molecular weight excluding hydrogens is 484 g/mol. The summed E-state index contributed by atoms with van der Waals surface area (Å²) in [6.07, 6.45) is 0.613. The van der Waals surface area contributed by atoms with Gasteiger partial charge >= 0.3 is 5.97 Å². The molecule has 1 amide bonds. The number of ether oxygens (including phenoxy) is 2. The van der Waals surface area contributed by atoms with E-state index in [2.05, 4.69) is 0 Å². The minimum absolute atomic E-state index is 0.128. The predicted molar refractivity (Wildman–Crippen MR) is 137 cm³/mol. The number of anilines is 1. The molecule has 1 aliphatic rings. The molecule has 35 heavy (non-hydrogen) atoms. The standard InChI is InChI=1S/C27H21ClN2O4S/c28-21-9-5-4-8-20(21)27-29-22(17-35-27)19-10-11-24-23(14-19)30(25(31)16-34-24)15-26(32)33-13-12-18-6-2-1-3-7-18/h1-11,14,17H,12-13,15-16H2. The topological polar surface area (TPSA) is 68.7 Å². The van der Waals surface area contributed by atoms with E-state index in [0.717, 1.165) is 27.4 Å². The van der Waals surface area contributed by atoms with E-state index >= 15 is 0 Å². The van der Waals surface area contributed by atoms with Gasteiger partial charge in [0.2, 0.25) is 0 Å². The molecule has 0 fully saturated rings. The van der Waals surface area contributed by atoms with Crippen molar-refractivity contribution in [3.05, 3.63) is 88.8 Å². The van der Waals surface area contributed by atoms with Crippen LogP contribution < -0.4 is 9.64 Å². The normalized spacial score (nSPS) is 12.7. The van der Waals surface area contributed by atoms with Crippen molar-refractivity contribution in [1.82, 2.24) is 4.98 Å². The number of carbonyl (C=O) groups excluding carboxylic acids is 2. The molecule has 176 valence electrons. The number of thiazole rings is 1. The summed E-state index contributed by atoms with van der Waals surface area (Å²) in [5.41, 5.74) is 4.01. The van der Waals surface area contributed by atoms with E-state index in [4.69, 9.17) is 26.1 Å². The highest BCUT2D eigenvalue weighted by Crippen LogP contribution is 2.38. The Bertz CT molecular complexity index is 1370. The molecule has 0 spiro atoms. The monoisotopic (exact) mass is 504 g/mol. The summed E-state index contributed by atoms with van der Waals surface area (Å²) in [7, 11) is 0. The molecule has 0 radical (unpaired) electrons. The number of halogens is 1. The van der Waals surface area contributed by atoms with Crippen molar-refractivity contribution in [3.8, 4) is 27.6 Å². The summed E-state index contributed by atoms with van der Waals surface area (Å²) in [6, 6.07) is 22.8. The number of amides is 1. The number of nitrogens with zero attached hydrogens (tertiary/aromatic N) is 2. The fourth-order valence-electron chi connectivity index (χ4n) is 3.80. The largest absolute Gasteiger partial charge is 0.482 e. The molecule has 3 aromatic carbocycles. The van der Waals surface area contributed by atoms with Crippen LogP contribution >= 0.6 is 22.9 Å². The first-order valence-corrected chi connectivity index (χ1v) is 12.3. The predicted octanol–water partition coefficient (Wildman–Crippen LogP) is 5.64. The van der Waals surface area contributed by atoms with Gasteiger partial charge in [0.25, 0.3) is 5.91 Å². The van der Waals surface area contributed by atoms with Gasteiger partial charge in [0.05, 0.1) is 23.0 Å². The van der Waals surface area contributed by atoms with Crippen LogP contribution in [0.3, 0.4) is 0 Å². The fourth-order valence-corrected chi connectivity index (χ4v) is 4.95. The zero-order valence-corrected chi connectivity index (χ0v) is 20.2. The number of fused-ring (bicyclic) bond motifs is 1. The number of rotatable bonds is 7. The van der Waals surface area contributed by atoms with Crippen LogP contribution in [0, 0.1) is 0 Å². The number of esters is 1. The third-order valence-electron chi connectivity index (χ3n) is 5.59. The first-order chi connectivity index (χ1) is 17.1. The Hall–Kier alpha value is -3.68. The maximum absolute atomic E-state index is 12.6. The van der Waals surface area contributed by atoms with Crippen LogP contribution in [0.15, 0.2) is 78.2 Å². The van der Waals surface area contributed by atoms with Crippen LogP contribution in [0.25, 0.3) is 21.8 Å². The number of benzene rings is 3. The summed E-state index contributed by atoms with van der Waals surface area (Å²) in [6.45, 7) is -0.0652. The van der Waals surface area contributed by atoms with E-state index in [1.807, 2.05) is 72.1 Å². The molecule has 0 N–H and O–H groups in total. The number of hydrogen-bond acceptors (Lipinski definition) is 6. The lowest BCUT2D eigenvalue weighted by atomic mass is 10.1. The summed E-state index contributed by atoms with van der Waals surface area (Å²) in [4.78, 5) is 31.3. The van der Waals surface area contributed by atoms with Crippen molar-refractivity contribution < 1.29 is 19.1 Å². The van der Waals surface area contributed by atoms with Crippen LogP contribution in [-0.4, -0.2) is 36.6 Å². The Morgan fingerprint density at radius 3 is 2.71 bits per heavy atom. The van der Waals surface area contributed by atoms with E-state index in [1.54, 1.807) is 6.07 Å². The third-order valence-corrected chi connectivity index (χ3v) is 6.80. The van der Waals surface area contributed by atoms with Crippen LogP contribution in [0.1, 0.15) is 5.56 Å². The molecule has 6 nitrogen and oxygen atoms in total. The van der Waals surface area contributed by atoms with Crippen molar-refractivity contribution in [2.24, 2.45) is 0 Å². The Morgan fingerprint density at radius 2 is 1.89 bits per heavy atom. The zero-order valence-electron chi connectivity index (χ0n) is 18.6. The third kappa shape index (κ3) is 5.21. The Morgan fingerprint density at radius 1 is 1.09 bits per heavy atom. The summed E-state index contributed by atoms with van der Waals surface area (Å²) in [5.74, 6) is -0.237. The van der Waals surface area contributed by atoms with Crippen molar-refractivity contribution in [2.75, 3.05) is 24.7 Å². The maximum Gasteiger partial charge on any atom is 0.326 e. The molecule has 0 saturated carbocycles. The maximum atomic E-state index is 12.6. The molecule has 4 aromatic rings. The zero-order chi connectivity index (χ0) is 24.2. The van der Waals surface area contributed by atoms with Crippen molar-refractivity contribution in [3.63, 3.8) is 0 Å². The van der Waals surface area contributed by atoms with Gasteiger partial charge in [-0.15, -0.1) is 11.3 Å². The molecule has 5 rings (SSSR count). The Kier molecular flexibility index (Phi) is 6.79. The molecule has 0 bridgehead atoms. The van der Waals surface area contributed by atoms with Gasteiger partial charge in [-0.3, -0.25) is 14.5 Å². The lowest BCUT2D eigenvalue weighted by Crippen LogP contribution is -2.42. The summed E-state index contributed by atoms with van der Waals surface area (Å²) >= 11 is 7.81. The van der Waals surface area contributed by atoms with Crippen molar-refractivity contribution >= 4 is 40.5 Å². The van der Waals surface area contributed by atoms with Gasteiger partial charge in [-0.25, -0.2) is 4.98 Å². The Labute approximate surface area is 211 Å². The molecule has 0 saturated heterocycles. The van der Waals surface area contributed by atoms with E-state index in [1.165, 1.54) is 16.2 Å². The average Bonchev–Trinajstić information content (AvgIpc) is 3.36. The second-order valence-electron chi connectivity index (χ2n) is 7.92. The lowest BCUT2D eigenvalue weighted by Gasteiger charge is -2.29. The van der Waals surface area contributed by atoms with Gasteiger partial charge < -0.3 is 9.47 Å². The smallest absolute Gasteiger partial charge is 0.326 e. The first-order valence-electron chi connectivity index (χ1n) is 11.1. The minimum Gasteiger partial charge on any atom is -0.482 e. The minimum atomic E-state index is -0.470. The van der Waals surface area contributed by atoms with Gasteiger partial charge in [-0.05, 0) is 29.8 Å². The van der Waals surface area contributed by atoms with Crippen molar-refractivity contribution in [1.29, 1.82) is 0 Å². The average molecular weight is 505 g/mol. The molecule has 0 atom stereocenters. The van der Waals surface area contributed by atoms with Gasteiger partial charge in [0.1, 0.15) is 17.3 Å². The highest BCUT2D eigenvalue weighted by atomic mass is 35.5. The lowest BCUT2D eigenvalue weighted by molar-refractivity contribution is -0.143. The number of aromatic nitrogens is 1. The van der Waals surface area contributed by atoms with Gasteiger partial charge in [-0.1, -0.05) is 60.1 Å². The van der Waals surface area contributed by atoms with Crippen LogP contribution in [-0.2, 0) is 20.7 Å². The van der Waals surface area contributed by atoms with Gasteiger partial charge in [0, 0.05) is 22.9 Å². The molecule has 0 aliphatic carbocycles. The SMILES string of the molecule is O=C(CN1C(=O)COc2ccc(-c3csc(-c4ccccc4Cl)n3)cc21)OCCc1ccccc1. The number of hydrogen-bond donors (Lipinski definition) is 0. The highest BCUT2D eigenvalue weighted by molar-refractivity contribution is 7.13. The van der Waals surface area contributed by atoms with E-state index in [0.29, 0.717) is 22.9 Å².